The third kappa shape index (κ3) is 2.91. The highest BCUT2D eigenvalue weighted by molar-refractivity contribution is 5.89. The summed E-state index contributed by atoms with van der Waals surface area (Å²) in [4.78, 5) is 21.0. The molecular weight excluding hydrogens is 198 g/mol. The second-order valence-corrected chi connectivity index (χ2v) is 2.68. The molecule has 1 aromatic carbocycles. The Labute approximate surface area is 86.1 Å². The number of hydrogen-bond acceptors (Lipinski definition) is 4. The lowest BCUT2D eigenvalue weighted by Crippen LogP contribution is -2.00. The lowest BCUT2D eigenvalue weighted by Gasteiger charge is -1.98. The summed E-state index contributed by atoms with van der Waals surface area (Å²) >= 11 is 0. The van der Waals surface area contributed by atoms with E-state index in [1.54, 1.807) is 13.0 Å². The molecule has 0 heterocycles. The number of rotatable bonds is 3. The van der Waals surface area contributed by atoms with Gasteiger partial charge in [-0.1, -0.05) is 6.08 Å². The highest BCUT2D eigenvalue weighted by atomic mass is 16.6. The summed E-state index contributed by atoms with van der Waals surface area (Å²) in [5, 5.41) is 10.3. The third-order valence-corrected chi connectivity index (χ3v) is 1.62. The van der Waals surface area contributed by atoms with Gasteiger partial charge >= 0.3 is 5.97 Å². The first-order valence-electron chi connectivity index (χ1n) is 4.21. The summed E-state index contributed by atoms with van der Waals surface area (Å²) in [5.41, 5.74) is 0.219. The van der Waals surface area contributed by atoms with Crippen molar-refractivity contribution >= 4 is 11.7 Å². The van der Waals surface area contributed by atoms with Gasteiger partial charge in [-0.2, -0.15) is 0 Å². The van der Waals surface area contributed by atoms with Gasteiger partial charge in [0.15, 0.2) is 0 Å². The van der Waals surface area contributed by atoms with Crippen molar-refractivity contribution < 1.29 is 14.5 Å². The topological polar surface area (TPSA) is 69.4 Å². The van der Waals surface area contributed by atoms with Crippen LogP contribution < -0.4 is 0 Å². The zero-order chi connectivity index (χ0) is 11.3. The molecule has 1 rings (SSSR count). The maximum atomic E-state index is 11.2. The van der Waals surface area contributed by atoms with E-state index in [4.69, 9.17) is 0 Å². The molecule has 0 spiro atoms. The first-order chi connectivity index (χ1) is 7.15. The minimum absolute atomic E-state index is 0.0578. The van der Waals surface area contributed by atoms with Crippen LogP contribution >= 0.6 is 0 Å². The standard InChI is InChI=1S/C10H9NO4/c1-2-7-15-10(12)8-3-5-9(6-4-8)11(13)14/h2-7H,1H3/b7-2+. The van der Waals surface area contributed by atoms with Gasteiger partial charge in [-0.05, 0) is 19.1 Å². The highest BCUT2D eigenvalue weighted by Crippen LogP contribution is 2.12. The van der Waals surface area contributed by atoms with Crippen molar-refractivity contribution in [3.63, 3.8) is 0 Å². The average molecular weight is 207 g/mol. The second-order valence-electron chi connectivity index (χ2n) is 2.68. The van der Waals surface area contributed by atoms with Gasteiger partial charge in [-0.25, -0.2) is 4.79 Å². The fourth-order valence-corrected chi connectivity index (χ4v) is 0.917. The zero-order valence-corrected chi connectivity index (χ0v) is 8.04. The summed E-state index contributed by atoms with van der Waals surface area (Å²) in [5.74, 6) is -0.539. The van der Waals surface area contributed by atoms with Crippen LogP contribution in [0, 0.1) is 10.1 Å². The Bertz CT molecular complexity index is 394. The number of hydrogen-bond donors (Lipinski definition) is 0. The van der Waals surface area contributed by atoms with Crippen molar-refractivity contribution in [2.45, 2.75) is 6.92 Å². The summed E-state index contributed by atoms with van der Waals surface area (Å²) in [7, 11) is 0. The molecule has 0 N–H and O–H groups in total. The Morgan fingerprint density at radius 3 is 2.47 bits per heavy atom. The molecule has 0 amide bonds. The quantitative estimate of drug-likeness (QED) is 0.330. The number of nitro groups is 1. The number of esters is 1. The van der Waals surface area contributed by atoms with Gasteiger partial charge in [0, 0.05) is 12.1 Å². The fourth-order valence-electron chi connectivity index (χ4n) is 0.917. The zero-order valence-electron chi connectivity index (χ0n) is 8.04. The number of carbonyl (C=O) groups excluding carboxylic acids is 1. The van der Waals surface area contributed by atoms with E-state index >= 15 is 0 Å². The number of nitrogens with zero attached hydrogens (tertiary/aromatic N) is 1. The molecule has 78 valence electrons. The molecule has 0 aliphatic carbocycles. The maximum absolute atomic E-state index is 11.2. The molecule has 0 saturated heterocycles. The molecule has 0 bridgehead atoms. The summed E-state index contributed by atoms with van der Waals surface area (Å²) in [6.45, 7) is 1.71. The number of benzene rings is 1. The predicted octanol–water partition coefficient (Wildman–Crippen LogP) is 2.29. The van der Waals surface area contributed by atoms with E-state index in [1.807, 2.05) is 0 Å². The molecule has 0 atom stereocenters. The van der Waals surface area contributed by atoms with Gasteiger partial charge in [-0.15, -0.1) is 0 Å². The van der Waals surface area contributed by atoms with Crippen LogP contribution in [0.15, 0.2) is 36.6 Å². The van der Waals surface area contributed by atoms with E-state index in [0.717, 1.165) is 0 Å². The Balaban J connectivity index is 2.80. The Kier molecular flexibility index (Phi) is 3.56. The van der Waals surface area contributed by atoms with Crippen molar-refractivity contribution in [2.24, 2.45) is 0 Å². The minimum Gasteiger partial charge on any atom is -0.431 e. The lowest BCUT2D eigenvalue weighted by atomic mass is 10.2. The van der Waals surface area contributed by atoms with Crippen LogP contribution in [0.3, 0.4) is 0 Å². The minimum atomic E-state index is -0.539. The Hall–Kier alpha value is -2.17. The lowest BCUT2D eigenvalue weighted by molar-refractivity contribution is -0.384. The van der Waals surface area contributed by atoms with E-state index in [2.05, 4.69) is 4.74 Å². The molecule has 5 nitrogen and oxygen atoms in total. The van der Waals surface area contributed by atoms with Crippen LogP contribution in [0.25, 0.3) is 0 Å². The molecular formula is C10H9NO4. The summed E-state index contributed by atoms with van der Waals surface area (Å²) < 4.78 is 4.69. The first kappa shape index (κ1) is 10.9. The smallest absolute Gasteiger partial charge is 0.342 e. The van der Waals surface area contributed by atoms with Gasteiger partial charge < -0.3 is 4.74 Å². The van der Waals surface area contributed by atoms with Crippen LogP contribution in [0.4, 0.5) is 5.69 Å². The third-order valence-electron chi connectivity index (χ3n) is 1.62. The Morgan fingerprint density at radius 2 is 2.00 bits per heavy atom. The maximum Gasteiger partial charge on any atom is 0.342 e. The number of ether oxygens (including phenoxy) is 1. The molecule has 1 aromatic rings. The van der Waals surface area contributed by atoms with Crippen LogP contribution in [-0.2, 0) is 4.74 Å². The SMILES string of the molecule is C/C=C/OC(=O)c1ccc([N+](=O)[O-])cc1. The van der Waals surface area contributed by atoms with Crippen LogP contribution in [0.1, 0.15) is 17.3 Å². The normalized spacial score (nSPS) is 10.2. The number of nitro benzene ring substituents is 1. The molecule has 0 radical (unpaired) electrons. The van der Waals surface area contributed by atoms with Crippen molar-refractivity contribution in [2.75, 3.05) is 0 Å². The summed E-state index contributed by atoms with van der Waals surface area (Å²) in [6, 6.07) is 5.21. The van der Waals surface area contributed by atoms with Gasteiger partial charge in [0.2, 0.25) is 0 Å². The van der Waals surface area contributed by atoms with Crippen molar-refractivity contribution in [3.05, 3.63) is 52.3 Å². The average Bonchev–Trinajstić information content (AvgIpc) is 2.26. The van der Waals surface area contributed by atoms with E-state index < -0.39 is 10.9 Å². The van der Waals surface area contributed by atoms with Crippen LogP contribution in [-0.4, -0.2) is 10.9 Å². The van der Waals surface area contributed by atoms with Crippen molar-refractivity contribution in [1.29, 1.82) is 0 Å². The monoisotopic (exact) mass is 207 g/mol. The van der Waals surface area contributed by atoms with Gasteiger partial charge in [0.25, 0.3) is 5.69 Å². The van der Waals surface area contributed by atoms with Gasteiger partial charge in [0.1, 0.15) is 0 Å². The fraction of sp³-hybridized carbons (Fsp3) is 0.100. The van der Waals surface area contributed by atoms with E-state index in [1.165, 1.54) is 30.5 Å². The number of carbonyl (C=O) groups is 1. The second kappa shape index (κ2) is 4.90. The molecule has 0 aromatic heterocycles. The molecule has 5 heteroatoms. The molecule has 15 heavy (non-hydrogen) atoms. The van der Waals surface area contributed by atoms with E-state index in [-0.39, 0.29) is 11.3 Å². The van der Waals surface area contributed by atoms with Crippen molar-refractivity contribution in [1.82, 2.24) is 0 Å². The first-order valence-corrected chi connectivity index (χ1v) is 4.21. The van der Waals surface area contributed by atoms with Gasteiger partial charge in [0.05, 0.1) is 16.7 Å². The molecule has 0 saturated carbocycles. The number of allylic oxidation sites excluding steroid dienone is 1. The molecule has 0 fully saturated rings. The largest absolute Gasteiger partial charge is 0.431 e. The number of non-ortho nitro benzene ring substituents is 1. The van der Waals surface area contributed by atoms with E-state index in [9.17, 15) is 14.9 Å². The Morgan fingerprint density at radius 1 is 1.40 bits per heavy atom. The van der Waals surface area contributed by atoms with Gasteiger partial charge in [-0.3, -0.25) is 10.1 Å². The van der Waals surface area contributed by atoms with E-state index in [0.29, 0.717) is 0 Å². The summed E-state index contributed by atoms with van der Waals surface area (Å²) in [6.07, 6.45) is 2.83. The highest BCUT2D eigenvalue weighted by Gasteiger charge is 2.09. The molecule has 0 aliphatic rings. The molecule has 0 aliphatic heterocycles. The molecule has 0 unspecified atom stereocenters. The van der Waals surface area contributed by atoms with Crippen molar-refractivity contribution in [3.8, 4) is 0 Å². The predicted molar refractivity (Wildman–Crippen MR) is 53.3 cm³/mol. The van der Waals surface area contributed by atoms with Crippen LogP contribution in [0.2, 0.25) is 0 Å². The van der Waals surface area contributed by atoms with Crippen LogP contribution in [0.5, 0.6) is 0 Å².